The first-order valence-corrected chi connectivity index (χ1v) is 10.1. The standard InChI is InChI=1S/C21H23F3N4O2/c1-2-18(29)28-11-15-17(12-28)25-26-19(15)20(30)27-9-7-13(8-10-27)14-5-3-4-6-16(14)21(22,23)24/h3-6,13H,2,7-12H2,1H3,(H,25,26). The molecule has 0 saturated carbocycles. The minimum atomic E-state index is -4.39. The summed E-state index contributed by atoms with van der Waals surface area (Å²) >= 11 is 0. The predicted molar refractivity (Wildman–Crippen MR) is 102 cm³/mol. The average molecular weight is 420 g/mol. The molecule has 0 unspecified atom stereocenters. The third-order valence-corrected chi connectivity index (χ3v) is 6.00. The molecule has 2 aromatic rings. The Morgan fingerprint density at radius 1 is 1.13 bits per heavy atom. The van der Waals surface area contributed by atoms with E-state index in [0.717, 1.165) is 17.3 Å². The number of rotatable bonds is 3. The number of nitrogens with one attached hydrogen (secondary N) is 1. The maximum Gasteiger partial charge on any atom is 0.416 e. The van der Waals surface area contributed by atoms with Crippen molar-refractivity contribution >= 4 is 11.8 Å². The first-order valence-electron chi connectivity index (χ1n) is 10.1. The van der Waals surface area contributed by atoms with E-state index in [0.29, 0.717) is 56.7 Å². The number of amides is 2. The second-order valence-electron chi connectivity index (χ2n) is 7.78. The Morgan fingerprint density at radius 2 is 1.83 bits per heavy atom. The number of carbonyl (C=O) groups is 2. The molecule has 0 radical (unpaired) electrons. The molecule has 30 heavy (non-hydrogen) atoms. The van der Waals surface area contributed by atoms with E-state index in [4.69, 9.17) is 0 Å². The van der Waals surface area contributed by atoms with Gasteiger partial charge in [-0.3, -0.25) is 14.7 Å². The van der Waals surface area contributed by atoms with Crippen LogP contribution in [0.3, 0.4) is 0 Å². The zero-order chi connectivity index (χ0) is 21.5. The van der Waals surface area contributed by atoms with Crippen molar-refractivity contribution in [3.8, 4) is 0 Å². The number of likely N-dealkylation sites (tertiary alicyclic amines) is 1. The van der Waals surface area contributed by atoms with Gasteiger partial charge in [0, 0.05) is 25.1 Å². The monoisotopic (exact) mass is 420 g/mol. The second kappa shape index (κ2) is 7.77. The molecule has 4 rings (SSSR count). The summed E-state index contributed by atoms with van der Waals surface area (Å²) in [6.45, 7) is 3.30. The van der Waals surface area contributed by atoms with Gasteiger partial charge in [-0.1, -0.05) is 25.1 Å². The van der Waals surface area contributed by atoms with Gasteiger partial charge in [-0.25, -0.2) is 0 Å². The van der Waals surface area contributed by atoms with E-state index in [1.165, 1.54) is 12.1 Å². The van der Waals surface area contributed by atoms with Gasteiger partial charge in [0.15, 0.2) is 5.69 Å². The third-order valence-electron chi connectivity index (χ3n) is 6.00. The van der Waals surface area contributed by atoms with E-state index < -0.39 is 11.7 Å². The lowest BCUT2D eigenvalue weighted by atomic mass is 9.86. The van der Waals surface area contributed by atoms with Crippen LogP contribution in [0.1, 0.15) is 65.0 Å². The zero-order valence-electron chi connectivity index (χ0n) is 16.6. The molecule has 2 aliphatic rings. The predicted octanol–water partition coefficient (Wildman–Crippen LogP) is 3.70. The van der Waals surface area contributed by atoms with Gasteiger partial charge in [-0.15, -0.1) is 0 Å². The van der Waals surface area contributed by atoms with Crippen molar-refractivity contribution in [2.75, 3.05) is 13.1 Å². The Labute approximate surface area is 172 Å². The molecular formula is C21H23F3N4O2. The molecule has 160 valence electrons. The lowest BCUT2D eigenvalue weighted by molar-refractivity contribution is -0.138. The van der Waals surface area contributed by atoms with Crippen LogP contribution in [0.4, 0.5) is 13.2 Å². The van der Waals surface area contributed by atoms with Crippen LogP contribution in [-0.2, 0) is 24.1 Å². The van der Waals surface area contributed by atoms with Gasteiger partial charge in [0.25, 0.3) is 5.91 Å². The fraction of sp³-hybridized carbons (Fsp3) is 0.476. The van der Waals surface area contributed by atoms with Crippen molar-refractivity contribution in [1.29, 1.82) is 0 Å². The van der Waals surface area contributed by atoms with Crippen molar-refractivity contribution in [1.82, 2.24) is 20.0 Å². The number of halogens is 3. The van der Waals surface area contributed by atoms with E-state index >= 15 is 0 Å². The first-order chi connectivity index (χ1) is 14.3. The number of hydrogen-bond donors (Lipinski definition) is 1. The highest BCUT2D eigenvalue weighted by molar-refractivity contribution is 5.94. The second-order valence-corrected chi connectivity index (χ2v) is 7.78. The van der Waals surface area contributed by atoms with E-state index in [2.05, 4.69) is 10.2 Å². The van der Waals surface area contributed by atoms with Crippen LogP contribution in [0.5, 0.6) is 0 Å². The molecule has 0 atom stereocenters. The molecule has 2 amide bonds. The highest BCUT2D eigenvalue weighted by atomic mass is 19.4. The molecule has 0 bridgehead atoms. The molecule has 0 spiro atoms. The summed E-state index contributed by atoms with van der Waals surface area (Å²) in [5, 5.41) is 7.01. The number of alkyl halides is 3. The van der Waals surface area contributed by atoms with Gasteiger partial charge in [0.1, 0.15) is 0 Å². The molecule has 0 aliphatic carbocycles. The van der Waals surface area contributed by atoms with Crippen LogP contribution in [0, 0.1) is 0 Å². The maximum atomic E-state index is 13.3. The summed E-state index contributed by atoms with van der Waals surface area (Å²) in [5.74, 6) is -0.461. The Bertz CT molecular complexity index is 961. The number of H-pyrrole nitrogens is 1. The minimum absolute atomic E-state index is 0.0159. The van der Waals surface area contributed by atoms with Crippen LogP contribution in [-0.4, -0.2) is 44.9 Å². The highest BCUT2D eigenvalue weighted by Gasteiger charge is 2.37. The molecule has 1 aromatic carbocycles. The molecule has 2 aliphatic heterocycles. The number of hydrogen-bond acceptors (Lipinski definition) is 3. The molecule has 1 N–H and O–H groups in total. The molecule has 1 fully saturated rings. The number of aromatic nitrogens is 2. The SMILES string of the molecule is CCC(=O)N1Cc2[nH]nc(C(=O)N3CCC(c4ccccc4C(F)(F)F)CC3)c2C1. The molecule has 9 heteroatoms. The quantitative estimate of drug-likeness (QED) is 0.823. The van der Waals surface area contributed by atoms with Crippen molar-refractivity contribution in [3.63, 3.8) is 0 Å². The van der Waals surface area contributed by atoms with Crippen molar-refractivity contribution in [2.24, 2.45) is 0 Å². The number of nitrogens with zero attached hydrogens (tertiary/aromatic N) is 3. The number of aromatic amines is 1. The Kier molecular flexibility index (Phi) is 5.29. The molecule has 3 heterocycles. The van der Waals surface area contributed by atoms with E-state index in [9.17, 15) is 22.8 Å². The summed E-state index contributed by atoms with van der Waals surface area (Å²) in [7, 11) is 0. The van der Waals surface area contributed by atoms with Gasteiger partial charge in [0.05, 0.1) is 24.3 Å². The normalized spacial score (nSPS) is 17.3. The van der Waals surface area contributed by atoms with Crippen LogP contribution < -0.4 is 0 Å². The molecule has 1 aromatic heterocycles. The van der Waals surface area contributed by atoms with Crippen LogP contribution in [0.15, 0.2) is 24.3 Å². The van der Waals surface area contributed by atoms with E-state index in [1.807, 2.05) is 0 Å². The summed E-state index contributed by atoms with van der Waals surface area (Å²) in [4.78, 5) is 28.3. The van der Waals surface area contributed by atoms with Gasteiger partial charge in [-0.2, -0.15) is 18.3 Å². The Morgan fingerprint density at radius 3 is 2.50 bits per heavy atom. The molecule has 6 nitrogen and oxygen atoms in total. The van der Waals surface area contributed by atoms with Crippen molar-refractivity contribution < 1.29 is 22.8 Å². The average Bonchev–Trinajstić information content (AvgIpc) is 3.33. The molecular weight excluding hydrogens is 397 g/mol. The minimum Gasteiger partial charge on any atom is -0.337 e. The van der Waals surface area contributed by atoms with E-state index in [1.54, 1.807) is 22.8 Å². The van der Waals surface area contributed by atoms with Gasteiger partial charge in [-0.05, 0) is 30.4 Å². The van der Waals surface area contributed by atoms with Crippen LogP contribution >= 0.6 is 0 Å². The van der Waals surface area contributed by atoms with E-state index in [-0.39, 0.29) is 17.7 Å². The molecule has 1 saturated heterocycles. The fourth-order valence-corrected chi connectivity index (χ4v) is 4.37. The largest absolute Gasteiger partial charge is 0.416 e. The summed E-state index contributed by atoms with van der Waals surface area (Å²) < 4.78 is 40.0. The number of carbonyl (C=O) groups excluding carboxylic acids is 2. The Hall–Kier alpha value is -2.84. The lowest BCUT2D eigenvalue weighted by Gasteiger charge is -2.33. The summed E-state index contributed by atoms with van der Waals surface area (Å²) in [5.41, 5.74) is 1.53. The summed E-state index contributed by atoms with van der Waals surface area (Å²) in [6, 6.07) is 5.67. The van der Waals surface area contributed by atoms with Gasteiger partial charge in [0.2, 0.25) is 5.91 Å². The summed E-state index contributed by atoms with van der Waals surface area (Å²) in [6.07, 6.45) is -3.06. The zero-order valence-corrected chi connectivity index (χ0v) is 16.6. The van der Waals surface area contributed by atoms with Crippen LogP contribution in [0.25, 0.3) is 0 Å². The van der Waals surface area contributed by atoms with Gasteiger partial charge < -0.3 is 9.80 Å². The van der Waals surface area contributed by atoms with Crippen molar-refractivity contribution in [2.45, 2.75) is 51.4 Å². The highest BCUT2D eigenvalue weighted by Crippen LogP contribution is 2.39. The third kappa shape index (κ3) is 3.68. The van der Waals surface area contributed by atoms with Crippen LogP contribution in [0.2, 0.25) is 0 Å². The van der Waals surface area contributed by atoms with Crippen molar-refractivity contribution in [3.05, 3.63) is 52.3 Å². The Balaban J connectivity index is 1.45. The number of benzene rings is 1. The first kappa shape index (κ1) is 20.4. The number of piperidine rings is 1. The maximum absolute atomic E-state index is 13.3. The number of fused-ring (bicyclic) bond motifs is 1. The lowest BCUT2D eigenvalue weighted by Crippen LogP contribution is -2.39. The topological polar surface area (TPSA) is 69.3 Å². The smallest absolute Gasteiger partial charge is 0.337 e. The fourth-order valence-electron chi connectivity index (χ4n) is 4.37. The van der Waals surface area contributed by atoms with Gasteiger partial charge >= 0.3 is 6.18 Å².